The maximum atomic E-state index is 4.14. The van der Waals surface area contributed by atoms with Gasteiger partial charge >= 0.3 is 0 Å². The molecule has 0 amide bonds. The van der Waals surface area contributed by atoms with Gasteiger partial charge in [0.05, 0.1) is 11.7 Å². The van der Waals surface area contributed by atoms with Gasteiger partial charge in [0.1, 0.15) is 0 Å². The minimum atomic E-state index is 0.337. The van der Waals surface area contributed by atoms with E-state index in [9.17, 15) is 0 Å². The van der Waals surface area contributed by atoms with Crippen molar-refractivity contribution in [1.82, 2.24) is 14.9 Å². The number of nitrogens with zero attached hydrogens (tertiary/aromatic N) is 2. The van der Waals surface area contributed by atoms with Crippen LogP contribution in [0.2, 0.25) is 0 Å². The Kier molecular flexibility index (Phi) is 4.44. The van der Waals surface area contributed by atoms with Gasteiger partial charge in [0.2, 0.25) is 0 Å². The van der Waals surface area contributed by atoms with Gasteiger partial charge in [-0.25, -0.2) is 0 Å². The third-order valence-electron chi connectivity index (χ3n) is 2.49. The Labute approximate surface area is 104 Å². The van der Waals surface area contributed by atoms with E-state index in [1.54, 1.807) is 11.3 Å². The van der Waals surface area contributed by atoms with E-state index in [0.29, 0.717) is 6.04 Å². The highest BCUT2D eigenvalue weighted by molar-refractivity contribution is 7.07. The lowest BCUT2D eigenvalue weighted by molar-refractivity contribution is 0.503. The van der Waals surface area contributed by atoms with E-state index in [1.165, 1.54) is 17.1 Å². The Morgan fingerprint density at radius 2 is 2.38 bits per heavy atom. The van der Waals surface area contributed by atoms with Crippen molar-refractivity contribution in [3.63, 3.8) is 0 Å². The summed E-state index contributed by atoms with van der Waals surface area (Å²) in [5, 5.41) is 14.0. The van der Waals surface area contributed by atoms with Crippen molar-refractivity contribution in [3.8, 4) is 0 Å². The number of aromatic nitrogens is 2. The first-order valence-electron chi connectivity index (χ1n) is 5.41. The molecule has 16 heavy (non-hydrogen) atoms. The van der Waals surface area contributed by atoms with Crippen LogP contribution >= 0.6 is 22.9 Å². The number of hydrogen-bond donors (Lipinski definition) is 1. The van der Waals surface area contributed by atoms with Gasteiger partial charge in [-0.2, -0.15) is 11.3 Å². The summed E-state index contributed by atoms with van der Waals surface area (Å²) in [5.41, 5.74) is 2.48. The highest BCUT2D eigenvalue weighted by Gasteiger charge is 2.12. The van der Waals surface area contributed by atoms with Crippen LogP contribution in [0.5, 0.6) is 0 Å². The molecule has 5 heteroatoms. The summed E-state index contributed by atoms with van der Waals surface area (Å²) >= 11 is 3.17. The Morgan fingerprint density at radius 3 is 3.00 bits per heavy atom. The van der Waals surface area contributed by atoms with Crippen LogP contribution in [0.25, 0.3) is 0 Å². The van der Waals surface area contributed by atoms with Crippen LogP contribution in [0.3, 0.4) is 0 Å². The summed E-state index contributed by atoms with van der Waals surface area (Å²) in [4.78, 5) is 0. The van der Waals surface area contributed by atoms with Gasteiger partial charge in [-0.1, -0.05) is 11.4 Å². The monoisotopic (exact) mass is 253 g/mol. The molecule has 0 aliphatic rings. The van der Waals surface area contributed by atoms with Crippen molar-refractivity contribution in [2.24, 2.45) is 0 Å². The molecule has 0 spiro atoms. The van der Waals surface area contributed by atoms with Crippen LogP contribution in [0.1, 0.15) is 30.6 Å². The fourth-order valence-electron chi connectivity index (χ4n) is 1.67. The lowest BCUT2D eigenvalue weighted by Gasteiger charge is -2.14. The quantitative estimate of drug-likeness (QED) is 0.860. The average Bonchev–Trinajstić information content (AvgIpc) is 2.96. The van der Waals surface area contributed by atoms with Crippen LogP contribution in [0.15, 0.2) is 22.2 Å². The lowest BCUT2D eigenvalue weighted by Crippen LogP contribution is -2.21. The predicted octanol–water partition coefficient (Wildman–Crippen LogP) is 2.88. The Morgan fingerprint density at radius 1 is 1.44 bits per heavy atom. The molecular formula is C11H15N3S2. The van der Waals surface area contributed by atoms with E-state index in [-0.39, 0.29) is 0 Å². The summed E-state index contributed by atoms with van der Waals surface area (Å²) in [5.74, 6) is 0. The predicted molar refractivity (Wildman–Crippen MR) is 69.0 cm³/mol. The van der Waals surface area contributed by atoms with Gasteiger partial charge in [0.25, 0.3) is 0 Å². The molecule has 0 aromatic carbocycles. The fraction of sp³-hybridized carbons (Fsp3) is 0.455. The van der Waals surface area contributed by atoms with E-state index in [1.807, 2.05) is 5.38 Å². The van der Waals surface area contributed by atoms with Gasteiger partial charge in [-0.3, -0.25) is 0 Å². The van der Waals surface area contributed by atoms with Gasteiger partial charge in [-0.15, -0.1) is 5.10 Å². The van der Waals surface area contributed by atoms with E-state index in [4.69, 9.17) is 0 Å². The lowest BCUT2D eigenvalue weighted by atomic mass is 10.1. The summed E-state index contributed by atoms with van der Waals surface area (Å²) in [7, 11) is 0. The molecule has 3 nitrogen and oxygen atoms in total. The van der Waals surface area contributed by atoms with Gasteiger partial charge in [-0.05, 0) is 53.3 Å². The minimum Gasteiger partial charge on any atom is -0.309 e. The number of nitrogens with one attached hydrogen (secondary N) is 1. The molecule has 0 saturated heterocycles. The smallest absolute Gasteiger partial charge is 0.0924 e. The molecule has 0 radical (unpaired) electrons. The first-order chi connectivity index (χ1) is 7.90. The molecule has 2 aromatic heterocycles. The van der Waals surface area contributed by atoms with Crippen molar-refractivity contribution in [2.75, 3.05) is 6.54 Å². The SMILES string of the molecule is CCNC(CCc1ccsc1)c1csnn1. The molecule has 0 fully saturated rings. The first-order valence-corrected chi connectivity index (χ1v) is 7.19. The van der Waals surface area contributed by atoms with Gasteiger partial charge < -0.3 is 5.32 Å². The zero-order valence-corrected chi connectivity index (χ0v) is 10.9. The Balaban J connectivity index is 1.93. The van der Waals surface area contributed by atoms with E-state index < -0.39 is 0 Å². The van der Waals surface area contributed by atoms with E-state index >= 15 is 0 Å². The number of rotatable bonds is 6. The molecule has 0 saturated carbocycles. The highest BCUT2D eigenvalue weighted by Crippen LogP contribution is 2.19. The van der Waals surface area contributed by atoms with Gasteiger partial charge in [0.15, 0.2) is 0 Å². The van der Waals surface area contributed by atoms with Gasteiger partial charge in [0, 0.05) is 5.38 Å². The molecule has 1 atom stereocenters. The highest BCUT2D eigenvalue weighted by atomic mass is 32.1. The van der Waals surface area contributed by atoms with Crippen molar-refractivity contribution in [1.29, 1.82) is 0 Å². The van der Waals surface area contributed by atoms with Crippen LogP contribution in [-0.4, -0.2) is 16.1 Å². The number of thiophene rings is 1. The molecular weight excluding hydrogens is 238 g/mol. The topological polar surface area (TPSA) is 37.8 Å². The van der Waals surface area contributed by atoms with E-state index in [0.717, 1.165) is 25.1 Å². The van der Waals surface area contributed by atoms with Crippen molar-refractivity contribution >= 4 is 22.9 Å². The molecule has 2 aromatic rings. The summed E-state index contributed by atoms with van der Waals surface area (Å²) in [6.07, 6.45) is 2.18. The maximum absolute atomic E-state index is 4.14. The Bertz CT molecular complexity index is 383. The second-order valence-electron chi connectivity index (χ2n) is 3.61. The average molecular weight is 253 g/mol. The summed E-state index contributed by atoms with van der Waals surface area (Å²) < 4.78 is 3.92. The van der Waals surface area contributed by atoms with Crippen LogP contribution in [0, 0.1) is 0 Å². The second-order valence-corrected chi connectivity index (χ2v) is 5.00. The molecule has 1 unspecified atom stereocenters. The van der Waals surface area contributed by atoms with Crippen molar-refractivity contribution < 1.29 is 0 Å². The number of hydrogen-bond acceptors (Lipinski definition) is 5. The van der Waals surface area contributed by atoms with E-state index in [2.05, 4.69) is 38.7 Å². The zero-order chi connectivity index (χ0) is 11.2. The molecule has 2 rings (SSSR count). The summed E-state index contributed by atoms with van der Waals surface area (Å²) in [6.45, 7) is 3.09. The maximum Gasteiger partial charge on any atom is 0.0924 e. The number of aryl methyl sites for hydroxylation is 1. The third kappa shape index (κ3) is 3.10. The van der Waals surface area contributed by atoms with Crippen LogP contribution in [-0.2, 0) is 6.42 Å². The van der Waals surface area contributed by atoms with Crippen molar-refractivity contribution in [3.05, 3.63) is 33.5 Å². The molecule has 0 bridgehead atoms. The third-order valence-corrected chi connectivity index (χ3v) is 3.74. The molecule has 2 heterocycles. The molecule has 0 aliphatic carbocycles. The standard InChI is InChI=1S/C11H15N3S2/c1-2-12-10(11-8-16-14-13-11)4-3-9-5-6-15-7-9/h5-8,10,12H,2-4H2,1H3. The zero-order valence-electron chi connectivity index (χ0n) is 9.22. The Hall–Kier alpha value is -0.780. The fourth-order valence-corrected chi connectivity index (χ4v) is 2.88. The molecule has 0 aliphatic heterocycles. The molecule has 86 valence electrons. The van der Waals surface area contributed by atoms with Crippen molar-refractivity contribution in [2.45, 2.75) is 25.8 Å². The minimum absolute atomic E-state index is 0.337. The summed E-state index contributed by atoms with van der Waals surface area (Å²) in [6, 6.07) is 2.52. The largest absolute Gasteiger partial charge is 0.309 e. The first kappa shape index (κ1) is 11.7. The molecule has 1 N–H and O–H groups in total. The normalized spacial score (nSPS) is 12.8. The second kappa shape index (κ2) is 6.08. The van der Waals surface area contributed by atoms with Crippen LogP contribution < -0.4 is 5.32 Å². The van der Waals surface area contributed by atoms with Crippen LogP contribution in [0.4, 0.5) is 0 Å².